The Labute approximate surface area is 71.6 Å². The molecule has 1 aliphatic rings. The van der Waals surface area contributed by atoms with Gasteiger partial charge in [-0.3, -0.25) is 0 Å². The molecule has 1 heterocycles. The van der Waals surface area contributed by atoms with Crippen molar-refractivity contribution in [1.29, 1.82) is 0 Å². The summed E-state index contributed by atoms with van der Waals surface area (Å²) in [5.41, 5.74) is 1.45. The maximum Gasteiger partial charge on any atom is 0.0305 e. The summed E-state index contributed by atoms with van der Waals surface area (Å²) in [6, 6.07) is 4.31. The van der Waals surface area contributed by atoms with Gasteiger partial charge in [0.1, 0.15) is 0 Å². The molecular formula is C10H11S. The van der Waals surface area contributed by atoms with Crippen molar-refractivity contribution < 1.29 is 0 Å². The SMILES string of the molecule is [C]1=C(c2cccs2)CCCC1. The van der Waals surface area contributed by atoms with Crippen molar-refractivity contribution in [2.24, 2.45) is 0 Å². The Morgan fingerprint density at radius 1 is 1.36 bits per heavy atom. The van der Waals surface area contributed by atoms with E-state index in [0.717, 1.165) is 6.42 Å². The molecule has 11 heavy (non-hydrogen) atoms. The molecule has 0 aromatic carbocycles. The summed E-state index contributed by atoms with van der Waals surface area (Å²) >= 11 is 1.83. The number of allylic oxidation sites excluding steroid dienone is 2. The molecule has 0 fully saturated rings. The fourth-order valence-electron chi connectivity index (χ4n) is 1.42. The molecule has 0 spiro atoms. The minimum atomic E-state index is 1.16. The molecule has 0 saturated carbocycles. The van der Waals surface area contributed by atoms with E-state index in [1.165, 1.54) is 29.7 Å². The Morgan fingerprint density at radius 2 is 2.36 bits per heavy atom. The third-order valence-electron chi connectivity index (χ3n) is 2.01. The first kappa shape index (κ1) is 7.11. The fourth-order valence-corrected chi connectivity index (χ4v) is 2.19. The van der Waals surface area contributed by atoms with Crippen LogP contribution < -0.4 is 0 Å². The van der Waals surface area contributed by atoms with E-state index in [2.05, 4.69) is 23.6 Å². The zero-order valence-corrected chi connectivity index (χ0v) is 7.29. The van der Waals surface area contributed by atoms with Crippen LogP contribution in [-0.2, 0) is 0 Å². The quantitative estimate of drug-likeness (QED) is 0.594. The second-order valence-corrected chi connectivity index (χ2v) is 3.79. The maximum atomic E-state index is 3.45. The van der Waals surface area contributed by atoms with Crippen molar-refractivity contribution in [3.05, 3.63) is 28.5 Å². The van der Waals surface area contributed by atoms with Gasteiger partial charge in [0, 0.05) is 4.88 Å². The highest BCUT2D eigenvalue weighted by molar-refractivity contribution is 7.11. The summed E-state index contributed by atoms with van der Waals surface area (Å²) in [5.74, 6) is 0. The van der Waals surface area contributed by atoms with Gasteiger partial charge in [0.25, 0.3) is 0 Å². The third kappa shape index (κ3) is 1.54. The number of rotatable bonds is 1. The first-order chi connectivity index (χ1) is 5.47. The van der Waals surface area contributed by atoms with Crippen LogP contribution in [0.5, 0.6) is 0 Å². The number of hydrogen-bond donors (Lipinski definition) is 0. The predicted molar refractivity (Wildman–Crippen MR) is 49.4 cm³/mol. The summed E-state index contributed by atoms with van der Waals surface area (Å²) in [7, 11) is 0. The van der Waals surface area contributed by atoms with Crippen LogP contribution in [0.25, 0.3) is 5.57 Å². The van der Waals surface area contributed by atoms with Crippen molar-refractivity contribution in [3.8, 4) is 0 Å². The highest BCUT2D eigenvalue weighted by Gasteiger charge is 2.06. The van der Waals surface area contributed by atoms with Crippen molar-refractivity contribution in [2.75, 3.05) is 0 Å². The zero-order chi connectivity index (χ0) is 7.52. The van der Waals surface area contributed by atoms with Crippen LogP contribution in [0.15, 0.2) is 17.5 Å². The van der Waals surface area contributed by atoms with E-state index in [1.807, 2.05) is 11.3 Å². The van der Waals surface area contributed by atoms with E-state index >= 15 is 0 Å². The standard InChI is InChI=1S/C10H11S/c1-2-5-9(6-3-1)10-7-4-8-11-10/h4,7-8H,1-3,5H2. The normalized spacial score (nSPS) is 18.0. The molecule has 1 aromatic heterocycles. The Bertz CT molecular complexity index is 244. The smallest absolute Gasteiger partial charge is 0.0305 e. The van der Waals surface area contributed by atoms with Gasteiger partial charge < -0.3 is 0 Å². The maximum absolute atomic E-state index is 3.45. The predicted octanol–water partition coefficient (Wildman–Crippen LogP) is 3.51. The summed E-state index contributed by atoms with van der Waals surface area (Å²) < 4.78 is 0. The molecule has 1 heteroatoms. The molecule has 1 radical (unpaired) electrons. The first-order valence-electron chi connectivity index (χ1n) is 4.10. The van der Waals surface area contributed by atoms with Crippen LogP contribution in [0.1, 0.15) is 30.6 Å². The number of hydrogen-bond acceptors (Lipinski definition) is 1. The monoisotopic (exact) mass is 163 g/mol. The molecule has 0 unspecified atom stereocenters. The van der Waals surface area contributed by atoms with E-state index in [4.69, 9.17) is 0 Å². The number of thiophene rings is 1. The molecule has 0 N–H and O–H groups in total. The molecule has 0 saturated heterocycles. The Kier molecular flexibility index (Phi) is 2.08. The van der Waals surface area contributed by atoms with Gasteiger partial charge in [-0.2, -0.15) is 0 Å². The molecule has 0 atom stereocenters. The van der Waals surface area contributed by atoms with Crippen LogP contribution in [0.3, 0.4) is 0 Å². The lowest BCUT2D eigenvalue weighted by molar-refractivity contribution is 0.731. The lowest BCUT2D eigenvalue weighted by Crippen LogP contribution is -1.89. The Hall–Kier alpha value is -0.560. The first-order valence-corrected chi connectivity index (χ1v) is 4.98. The van der Waals surface area contributed by atoms with Crippen molar-refractivity contribution in [1.82, 2.24) is 0 Å². The largest absolute Gasteiger partial charge is 0.144 e. The highest BCUT2D eigenvalue weighted by atomic mass is 32.1. The average molecular weight is 163 g/mol. The molecule has 0 aliphatic heterocycles. The van der Waals surface area contributed by atoms with Crippen LogP contribution in [0, 0.1) is 6.08 Å². The van der Waals surface area contributed by atoms with Gasteiger partial charge in [0.2, 0.25) is 0 Å². The van der Waals surface area contributed by atoms with E-state index in [9.17, 15) is 0 Å². The molecule has 1 aliphatic carbocycles. The topological polar surface area (TPSA) is 0 Å². The zero-order valence-electron chi connectivity index (χ0n) is 6.47. The lowest BCUT2D eigenvalue weighted by Gasteiger charge is -2.09. The van der Waals surface area contributed by atoms with E-state index in [1.54, 1.807) is 0 Å². The van der Waals surface area contributed by atoms with E-state index < -0.39 is 0 Å². The average Bonchev–Trinajstić information content (AvgIpc) is 2.58. The summed E-state index contributed by atoms with van der Waals surface area (Å²) in [6.07, 6.45) is 8.52. The molecule has 57 valence electrons. The van der Waals surface area contributed by atoms with Crippen LogP contribution >= 0.6 is 11.3 Å². The van der Waals surface area contributed by atoms with Gasteiger partial charge in [0.05, 0.1) is 0 Å². The van der Waals surface area contributed by atoms with Crippen molar-refractivity contribution >= 4 is 16.9 Å². The second kappa shape index (κ2) is 3.22. The van der Waals surface area contributed by atoms with Gasteiger partial charge in [-0.1, -0.05) is 6.07 Å². The summed E-state index contributed by atoms with van der Waals surface area (Å²) in [5, 5.41) is 2.14. The van der Waals surface area contributed by atoms with Gasteiger partial charge in [-0.25, -0.2) is 0 Å². The fraction of sp³-hybridized carbons (Fsp3) is 0.400. The molecule has 1 aromatic rings. The van der Waals surface area contributed by atoms with E-state index in [0.29, 0.717) is 0 Å². The van der Waals surface area contributed by atoms with Crippen molar-refractivity contribution in [2.45, 2.75) is 25.7 Å². The molecule has 0 bridgehead atoms. The minimum Gasteiger partial charge on any atom is -0.144 e. The molecular weight excluding hydrogens is 152 g/mol. The second-order valence-electron chi connectivity index (χ2n) is 2.84. The van der Waals surface area contributed by atoms with Gasteiger partial charge in [-0.15, -0.1) is 11.3 Å². The van der Waals surface area contributed by atoms with Crippen LogP contribution in [0.2, 0.25) is 0 Å². The molecule has 0 nitrogen and oxygen atoms in total. The summed E-state index contributed by atoms with van der Waals surface area (Å²) in [4.78, 5) is 1.42. The van der Waals surface area contributed by atoms with Crippen molar-refractivity contribution in [3.63, 3.8) is 0 Å². The third-order valence-corrected chi connectivity index (χ3v) is 2.94. The molecule has 2 rings (SSSR count). The minimum absolute atomic E-state index is 1.16. The molecule has 0 amide bonds. The summed E-state index contributed by atoms with van der Waals surface area (Å²) in [6.45, 7) is 0. The van der Waals surface area contributed by atoms with Crippen LogP contribution in [0.4, 0.5) is 0 Å². The highest BCUT2D eigenvalue weighted by Crippen LogP contribution is 2.28. The van der Waals surface area contributed by atoms with E-state index in [-0.39, 0.29) is 0 Å². The Morgan fingerprint density at radius 3 is 3.00 bits per heavy atom. The lowest BCUT2D eigenvalue weighted by atomic mass is 9.99. The van der Waals surface area contributed by atoms with Gasteiger partial charge >= 0.3 is 0 Å². The van der Waals surface area contributed by atoms with Gasteiger partial charge in [0.15, 0.2) is 0 Å². The van der Waals surface area contributed by atoms with Gasteiger partial charge in [-0.05, 0) is 48.8 Å². The Balaban J connectivity index is 2.22. The van der Waals surface area contributed by atoms with Crippen LogP contribution in [-0.4, -0.2) is 0 Å².